The van der Waals surface area contributed by atoms with Crippen LogP contribution in [0.15, 0.2) is 36.4 Å². The van der Waals surface area contributed by atoms with E-state index in [1.165, 1.54) is 0 Å². The summed E-state index contributed by atoms with van der Waals surface area (Å²) >= 11 is 0. The molecule has 0 saturated carbocycles. The first-order valence-corrected chi connectivity index (χ1v) is 3.49. The van der Waals surface area contributed by atoms with Crippen molar-refractivity contribution in [1.29, 1.82) is 0 Å². The van der Waals surface area contributed by atoms with E-state index in [2.05, 4.69) is 0 Å². The lowest BCUT2D eigenvalue weighted by atomic mass is 10.4. The molecular formula is C9H12O2. The number of benzene rings is 1. The Bertz CT molecular complexity index is 155. The van der Waals surface area contributed by atoms with Gasteiger partial charge < -0.3 is 5.11 Å². The minimum absolute atomic E-state index is 0.222. The zero-order valence-electron chi connectivity index (χ0n) is 6.53. The lowest BCUT2D eigenvalue weighted by molar-refractivity contribution is -0.136. The van der Waals surface area contributed by atoms with E-state index in [-0.39, 0.29) is 6.42 Å². The summed E-state index contributed by atoms with van der Waals surface area (Å²) in [6.07, 6.45) is 0.222. The van der Waals surface area contributed by atoms with Crippen LogP contribution in [0.25, 0.3) is 0 Å². The topological polar surface area (TPSA) is 37.3 Å². The lowest BCUT2D eigenvalue weighted by Gasteiger charge is -1.71. The molecule has 2 heteroatoms. The molecule has 0 amide bonds. The molecule has 0 aromatic heterocycles. The first-order valence-electron chi connectivity index (χ1n) is 3.49. The summed E-state index contributed by atoms with van der Waals surface area (Å²) in [5.74, 6) is -0.745. The molecule has 1 N–H and O–H groups in total. The Labute approximate surface area is 66.5 Å². The van der Waals surface area contributed by atoms with Gasteiger partial charge >= 0.3 is 5.97 Å². The molecule has 0 bridgehead atoms. The smallest absolute Gasteiger partial charge is 0.303 e. The normalized spacial score (nSPS) is 7.73. The van der Waals surface area contributed by atoms with E-state index in [4.69, 9.17) is 5.11 Å². The van der Waals surface area contributed by atoms with Crippen molar-refractivity contribution in [2.75, 3.05) is 0 Å². The van der Waals surface area contributed by atoms with E-state index in [1.54, 1.807) is 6.92 Å². The second-order valence-electron chi connectivity index (χ2n) is 1.90. The number of carboxylic acids is 1. The van der Waals surface area contributed by atoms with Gasteiger partial charge in [-0.15, -0.1) is 0 Å². The summed E-state index contributed by atoms with van der Waals surface area (Å²) in [5.41, 5.74) is 0. The fourth-order valence-corrected chi connectivity index (χ4v) is 0.385. The number of rotatable bonds is 1. The van der Waals surface area contributed by atoms with Crippen molar-refractivity contribution in [3.05, 3.63) is 36.4 Å². The maximum absolute atomic E-state index is 9.37. The molecular weight excluding hydrogens is 140 g/mol. The lowest BCUT2D eigenvalue weighted by Crippen LogP contribution is -1.86. The molecule has 0 aliphatic rings. The summed E-state index contributed by atoms with van der Waals surface area (Å²) in [7, 11) is 0. The van der Waals surface area contributed by atoms with Crippen molar-refractivity contribution < 1.29 is 9.90 Å². The van der Waals surface area contributed by atoms with E-state index < -0.39 is 5.97 Å². The van der Waals surface area contributed by atoms with E-state index in [0.717, 1.165) is 0 Å². The third-order valence-electron chi connectivity index (χ3n) is 0.969. The number of hydrogen-bond donors (Lipinski definition) is 1. The molecule has 11 heavy (non-hydrogen) atoms. The quantitative estimate of drug-likeness (QED) is 0.669. The van der Waals surface area contributed by atoms with Crippen LogP contribution in [0, 0.1) is 0 Å². The molecule has 1 rings (SSSR count). The van der Waals surface area contributed by atoms with E-state index >= 15 is 0 Å². The highest BCUT2D eigenvalue weighted by atomic mass is 16.4. The molecule has 0 radical (unpaired) electrons. The van der Waals surface area contributed by atoms with Gasteiger partial charge in [-0.2, -0.15) is 0 Å². The molecule has 0 aliphatic carbocycles. The Morgan fingerprint density at radius 3 is 1.36 bits per heavy atom. The van der Waals surface area contributed by atoms with Crippen molar-refractivity contribution >= 4 is 5.97 Å². The monoisotopic (exact) mass is 152 g/mol. The zero-order valence-corrected chi connectivity index (χ0v) is 6.53. The van der Waals surface area contributed by atoms with Crippen LogP contribution >= 0.6 is 0 Å². The van der Waals surface area contributed by atoms with Gasteiger partial charge in [0.1, 0.15) is 0 Å². The van der Waals surface area contributed by atoms with Gasteiger partial charge in [0.05, 0.1) is 0 Å². The Morgan fingerprint density at radius 2 is 1.27 bits per heavy atom. The number of hydrogen-bond acceptors (Lipinski definition) is 1. The number of aliphatic carboxylic acids is 1. The van der Waals surface area contributed by atoms with E-state index in [0.29, 0.717) is 0 Å². The minimum atomic E-state index is -0.745. The van der Waals surface area contributed by atoms with Crippen LogP contribution in [0.1, 0.15) is 13.3 Å². The second kappa shape index (κ2) is 6.81. The molecule has 1 aromatic carbocycles. The predicted molar refractivity (Wildman–Crippen MR) is 44.4 cm³/mol. The summed E-state index contributed by atoms with van der Waals surface area (Å²) < 4.78 is 0. The summed E-state index contributed by atoms with van der Waals surface area (Å²) in [6.45, 7) is 1.60. The molecule has 0 fully saturated rings. The fraction of sp³-hybridized carbons (Fsp3) is 0.222. The molecule has 60 valence electrons. The van der Waals surface area contributed by atoms with Crippen LogP contribution in [0.4, 0.5) is 0 Å². The zero-order chi connectivity index (χ0) is 8.53. The molecule has 0 aliphatic heterocycles. The summed E-state index contributed by atoms with van der Waals surface area (Å²) in [4.78, 5) is 9.37. The van der Waals surface area contributed by atoms with Crippen LogP contribution in [-0.2, 0) is 4.79 Å². The van der Waals surface area contributed by atoms with Gasteiger partial charge in [0, 0.05) is 6.42 Å². The molecule has 0 unspecified atom stereocenters. The predicted octanol–water partition coefficient (Wildman–Crippen LogP) is 2.17. The third-order valence-corrected chi connectivity index (χ3v) is 0.969. The van der Waals surface area contributed by atoms with Crippen LogP contribution < -0.4 is 0 Å². The molecule has 0 atom stereocenters. The highest BCUT2D eigenvalue weighted by molar-refractivity contribution is 5.66. The average Bonchev–Trinajstić information content (AvgIpc) is 2.09. The minimum Gasteiger partial charge on any atom is -0.481 e. The van der Waals surface area contributed by atoms with Gasteiger partial charge in [-0.25, -0.2) is 0 Å². The van der Waals surface area contributed by atoms with E-state index in [1.807, 2.05) is 36.4 Å². The third kappa shape index (κ3) is 8.69. The Kier molecular flexibility index (Phi) is 5.99. The first-order chi connectivity index (χ1) is 5.27. The standard InChI is InChI=1S/C6H6.C3H6O2/c1-2-4-6-5-3-1;1-2-3(4)5/h1-6H;2H2,1H3,(H,4,5). The van der Waals surface area contributed by atoms with Gasteiger partial charge in [0.2, 0.25) is 0 Å². The van der Waals surface area contributed by atoms with Crippen LogP contribution in [-0.4, -0.2) is 11.1 Å². The van der Waals surface area contributed by atoms with Crippen molar-refractivity contribution in [1.82, 2.24) is 0 Å². The van der Waals surface area contributed by atoms with E-state index in [9.17, 15) is 4.79 Å². The highest BCUT2D eigenvalue weighted by Gasteiger charge is 1.80. The van der Waals surface area contributed by atoms with Crippen LogP contribution in [0.3, 0.4) is 0 Å². The number of carboxylic acid groups (broad SMARTS) is 1. The molecule has 1 aromatic rings. The summed E-state index contributed by atoms with van der Waals surface area (Å²) in [6, 6.07) is 12.0. The van der Waals surface area contributed by atoms with Gasteiger partial charge in [-0.3, -0.25) is 4.79 Å². The summed E-state index contributed by atoms with van der Waals surface area (Å²) in [5, 5.41) is 7.72. The van der Waals surface area contributed by atoms with Crippen molar-refractivity contribution in [2.45, 2.75) is 13.3 Å². The van der Waals surface area contributed by atoms with Crippen LogP contribution in [0.2, 0.25) is 0 Å². The van der Waals surface area contributed by atoms with Crippen LogP contribution in [0.5, 0.6) is 0 Å². The average molecular weight is 152 g/mol. The number of carbonyl (C=O) groups is 1. The Balaban J connectivity index is 0.000000187. The highest BCUT2D eigenvalue weighted by Crippen LogP contribution is 1.79. The fourth-order valence-electron chi connectivity index (χ4n) is 0.385. The molecule has 0 spiro atoms. The van der Waals surface area contributed by atoms with Gasteiger partial charge in [0.25, 0.3) is 0 Å². The molecule has 2 nitrogen and oxygen atoms in total. The second-order valence-corrected chi connectivity index (χ2v) is 1.90. The SMILES string of the molecule is CCC(=O)O.c1ccccc1. The van der Waals surface area contributed by atoms with Gasteiger partial charge in [-0.05, 0) is 0 Å². The Morgan fingerprint density at radius 1 is 1.09 bits per heavy atom. The van der Waals surface area contributed by atoms with Crippen molar-refractivity contribution in [3.8, 4) is 0 Å². The van der Waals surface area contributed by atoms with Crippen molar-refractivity contribution in [2.24, 2.45) is 0 Å². The maximum atomic E-state index is 9.37. The first kappa shape index (κ1) is 9.69. The molecule has 0 saturated heterocycles. The maximum Gasteiger partial charge on any atom is 0.303 e. The molecule has 0 heterocycles. The van der Waals surface area contributed by atoms with Gasteiger partial charge in [-0.1, -0.05) is 43.3 Å². The largest absolute Gasteiger partial charge is 0.481 e. The van der Waals surface area contributed by atoms with Crippen molar-refractivity contribution in [3.63, 3.8) is 0 Å². The Hall–Kier alpha value is -1.31. The van der Waals surface area contributed by atoms with Gasteiger partial charge in [0.15, 0.2) is 0 Å².